The minimum atomic E-state index is -0.526. The zero-order valence-corrected chi connectivity index (χ0v) is 16.5. The molecule has 1 aliphatic heterocycles. The quantitative estimate of drug-likeness (QED) is 0.629. The number of hydrogen-bond donors (Lipinski definition) is 2. The number of aromatic nitrogens is 4. The highest BCUT2D eigenvalue weighted by atomic mass is 16.5. The molecule has 9 nitrogen and oxygen atoms in total. The Morgan fingerprint density at radius 3 is 2.93 bits per heavy atom. The van der Waals surface area contributed by atoms with Crippen molar-refractivity contribution >= 4 is 11.7 Å². The van der Waals surface area contributed by atoms with Crippen molar-refractivity contribution in [2.75, 3.05) is 12.4 Å². The molecule has 2 unspecified atom stereocenters. The van der Waals surface area contributed by atoms with Crippen LogP contribution in [0.5, 0.6) is 0 Å². The summed E-state index contributed by atoms with van der Waals surface area (Å²) < 4.78 is 12.1. The molecule has 29 heavy (non-hydrogen) atoms. The number of nitrogens with one attached hydrogen (secondary N) is 2. The summed E-state index contributed by atoms with van der Waals surface area (Å²) in [7, 11) is 1.63. The van der Waals surface area contributed by atoms with Gasteiger partial charge in [-0.05, 0) is 18.9 Å². The Hall–Kier alpha value is -3.04. The van der Waals surface area contributed by atoms with E-state index in [4.69, 9.17) is 9.26 Å². The largest absolute Gasteiger partial charge is 0.377 e. The predicted molar refractivity (Wildman–Crippen MR) is 105 cm³/mol. The van der Waals surface area contributed by atoms with Gasteiger partial charge in [0.15, 0.2) is 11.6 Å². The molecular formula is C20H24N6O3. The van der Waals surface area contributed by atoms with E-state index in [1.807, 2.05) is 35.0 Å². The van der Waals surface area contributed by atoms with Crippen LogP contribution in [0.15, 0.2) is 40.9 Å². The van der Waals surface area contributed by atoms with E-state index in [2.05, 4.69) is 25.9 Å². The summed E-state index contributed by atoms with van der Waals surface area (Å²) in [5, 5.41) is 14.7. The standard InChI is InChI=1S/C20H24N6O3/c1-13-10-16(25-29-13)23-20(27)19(14-6-4-3-5-7-14)21-15-8-9-18-22-17(12-28-2)24-26(18)11-15/h3-7,10,15,19,21H,8-9,11-12H2,1-2H3,(H,23,25,27). The Bertz CT molecular complexity index is 968. The third kappa shape index (κ3) is 4.52. The van der Waals surface area contributed by atoms with E-state index in [1.165, 1.54) is 0 Å². The molecular weight excluding hydrogens is 372 g/mol. The van der Waals surface area contributed by atoms with Crippen molar-refractivity contribution < 1.29 is 14.1 Å². The number of methoxy groups -OCH3 is 1. The van der Waals surface area contributed by atoms with Crippen LogP contribution in [0.1, 0.15) is 35.4 Å². The van der Waals surface area contributed by atoms with Gasteiger partial charge in [-0.1, -0.05) is 35.5 Å². The zero-order chi connectivity index (χ0) is 20.2. The van der Waals surface area contributed by atoms with Crippen molar-refractivity contribution in [3.8, 4) is 0 Å². The van der Waals surface area contributed by atoms with Gasteiger partial charge in [-0.15, -0.1) is 0 Å². The van der Waals surface area contributed by atoms with Gasteiger partial charge in [-0.3, -0.25) is 10.1 Å². The summed E-state index contributed by atoms with van der Waals surface area (Å²) in [6, 6.07) is 10.9. The van der Waals surface area contributed by atoms with Crippen molar-refractivity contribution in [2.45, 2.75) is 45.0 Å². The molecule has 0 aliphatic carbocycles. The van der Waals surface area contributed by atoms with Gasteiger partial charge in [0, 0.05) is 25.6 Å². The first-order valence-electron chi connectivity index (χ1n) is 9.59. The Morgan fingerprint density at radius 1 is 1.38 bits per heavy atom. The summed E-state index contributed by atoms with van der Waals surface area (Å²) in [5.41, 5.74) is 0.884. The van der Waals surface area contributed by atoms with Crippen LogP contribution in [0, 0.1) is 6.92 Å². The lowest BCUT2D eigenvalue weighted by Crippen LogP contribution is -2.44. The summed E-state index contributed by atoms with van der Waals surface area (Å²) in [5.74, 6) is 2.49. The molecule has 1 aliphatic rings. The molecule has 3 heterocycles. The molecule has 152 valence electrons. The molecule has 2 aromatic heterocycles. The number of anilines is 1. The van der Waals surface area contributed by atoms with Gasteiger partial charge >= 0.3 is 0 Å². The minimum absolute atomic E-state index is 0.0783. The van der Waals surface area contributed by atoms with Crippen LogP contribution in [0.4, 0.5) is 5.82 Å². The second kappa shape index (κ2) is 8.54. The molecule has 1 aromatic carbocycles. The van der Waals surface area contributed by atoms with Crippen molar-refractivity contribution in [1.29, 1.82) is 0 Å². The molecule has 0 saturated heterocycles. The zero-order valence-electron chi connectivity index (χ0n) is 16.5. The fourth-order valence-electron chi connectivity index (χ4n) is 3.52. The number of rotatable bonds is 7. The average Bonchev–Trinajstić information content (AvgIpc) is 3.31. The summed E-state index contributed by atoms with van der Waals surface area (Å²) in [6.07, 6.45) is 1.66. The van der Waals surface area contributed by atoms with Gasteiger partial charge in [0.1, 0.15) is 24.2 Å². The third-order valence-electron chi connectivity index (χ3n) is 4.85. The number of nitrogens with zero attached hydrogens (tertiary/aromatic N) is 4. The highest BCUT2D eigenvalue weighted by molar-refractivity contribution is 5.94. The first kappa shape index (κ1) is 19.3. The number of carbonyl (C=O) groups is 1. The number of fused-ring (bicyclic) bond motifs is 1. The van der Waals surface area contributed by atoms with E-state index >= 15 is 0 Å². The third-order valence-corrected chi connectivity index (χ3v) is 4.85. The van der Waals surface area contributed by atoms with Gasteiger partial charge < -0.3 is 14.6 Å². The van der Waals surface area contributed by atoms with E-state index in [-0.39, 0.29) is 11.9 Å². The minimum Gasteiger partial charge on any atom is -0.377 e. The SMILES string of the molecule is COCc1nc2n(n1)CC(NC(C(=O)Nc1cc(C)on1)c1ccccc1)CC2. The van der Waals surface area contributed by atoms with Crippen LogP contribution >= 0.6 is 0 Å². The van der Waals surface area contributed by atoms with Crippen LogP contribution in [0.3, 0.4) is 0 Å². The van der Waals surface area contributed by atoms with Crippen molar-refractivity contribution in [1.82, 2.24) is 25.2 Å². The monoisotopic (exact) mass is 396 g/mol. The Morgan fingerprint density at radius 2 is 2.21 bits per heavy atom. The molecule has 3 aromatic rings. The molecule has 1 amide bonds. The number of aryl methyl sites for hydroxylation is 2. The maximum absolute atomic E-state index is 13.0. The van der Waals surface area contributed by atoms with Gasteiger partial charge in [-0.2, -0.15) is 5.10 Å². The molecule has 0 bridgehead atoms. The summed E-state index contributed by atoms with van der Waals surface area (Å²) in [6.45, 7) is 2.82. The number of amides is 1. The molecule has 0 radical (unpaired) electrons. The second-order valence-electron chi connectivity index (χ2n) is 7.12. The topological polar surface area (TPSA) is 107 Å². The lowest BCUT2D eigenvalue weighted by Gasteiger charge is -2.28. The lowest BCUT2D eigenvalue weighted by atomic mass is 10.0. The molecule has 0 fully saturated rings. The first-order chi connectivity index (χ1) is 14.1. The van der Waals surface area contributed by atoms with Crippen LogP contribution in [-0.2, 0) is 29.1 Å². The first-order valence-corrected chi connectivity index (χ1v) is 9.59. The van der Waals surface area contributed by atoms with Gasteiger partial charge in [-0.25, -0.2) is 9.67 Å². The fraction of sp³-hybridized carbons (Fsp3) is 0.400. The van der Waals surface area contributed by atoms with Gasteiger partial charge in [0.2, 0.25) is 5.91 Å². The fourth-order valence-corrected chi connectivity index (χ4v) is 3.52. The predicted octanol–water partition coefficient (Wildman–Crippen LogP) is 2.01. The van der Waals surface area contributed by atoms with E-state index < -0.39 is 6.04 Å². The molecule has 9 heteroatoms. The highest BCUT2D eigenvalue weighted by Crippen LogP contribution is 2.21. The summed E-state index contributed by atoms with van der Waals surface area (Å²) in [4.78, 5) is 17.5. The number of hydrogen-bond acceptors (Lipinski definition) is 7. The molecule has 2 atom stereocenters. The number of carbonyl (C=O) groups excluding carboxylic acids is 1. The Labute approximate surface area is 168 Å². The van der Waals surface area contributed by atoms with Crippen molar-refractivity contribution in [3.63, 3.8) is 0 Å². The van der Waals surface area contributed by atoms with E-state index in [1.54, 1.807) is 20.1 Å². The van der Waals surface area contributed by atoms with Crippen LogP contribution < -0.4 is 10.6 Å². The van der Waals surface area contributed by atoms with Crippen LogP contribution in [0.25, 0.3) is 0 Å². The van der Waals surface area contributed by atoms with E-state index in [9.17, 15) is 4.79 Å². The number of ether oxygens (including phenoxy) is 1. The summed E-state index contributed by atoms with van der Waals surface area (Å²) >= 11 is 0. The number of benzene rings is 1. The van der Waals surface area contributed by atoms with E-state index in [0.717, 1.165) is 24.2 Å². The Balaban J connectivity index is 1.50. The molecule has 0 saturated carbocycles. The highest BCUT2D eigenvalue weighted by Gasteiger charge is 2.28. The van der Waals surface area contributed by atoms with Gasteiger partial charge in [0.25, 0.3) is 0 Å². The smallest absolute Gasteiger partial charge is 0.247 e. The van der Waals surface area contributed by atoms with Crippen molar-refractivity contribution in [2.24, 2.45) is 0 Å². The molecule has 4 rings (SSSR count). The maximum atomic E-state index is 13.0. The van der Waals surface area contributed by atoms with Crippen LogP contribution in [-0.4, -0.2) is 39.0 Å². The normalized spacial score (nSPS) is 17.0. The maximum Gasteiger partial charge on any atom is 0.247 e. The van der Waals surface area contributed by atoms with Crippen molar-refractivity contribution in [3.05, 3.63) is 59.4 Å². The van der Waals surface area contributed by atoms with E-state index in [0.29, 0.717) is 30.6 Å². The van der Waals surface area contributed by atoms with Crippen LogP contribution in [0.2, 0.25) is 0 Å². The van der Waals surface area contributed by atoms with Gasteiger partial charge in [0.05, 0.1) is 6.54 Å². The lowest BCUT2D eigenvalue weighted by molar-refractivity contribution is -0.118. The molecule has 2 N–H and O–H groups in total. The molecule has 0 spiro atoms. The second-order valence-corrected chi connectivity index (χ2v) is 7.12. The average molecular weight is 396 g/mol. The Kier molecular flexibility index (Phi) is 5.68.